The highest BCUT2D eigenvalue weighted by Crippen LogP contribution is 2.51. The summed E-state index contributed by atoms with van der Waals surface area (Å²) in [7, 11) is 0. The van der Waals surface area contributed by atoms with Crippen molar-refractivity contribution in [3.63, 3.8) is 0 Å². The van der Waals surface area contributed by atoms with Crippen LogP contribution in [-0.4, -0.2) is 9.97 Å². The zero-order chi connectivity index (χ0) is 15.6. The lowest BCUT2D eigenvalue weighted by molar-refractivity contribution is 0.665. The van der Waals surface area contributed by atoms with Crippen molar-refractivity contribution in [3.05, 3.63) is 72.2 Å². The first-order valence-electron chi connectivity index (χ1n) is 7.94. The molecule has 0 unspecified atom stereocenters. The van der Waals surface area contributed by atoms with E-state index in [1.807, 2.05) is 24.7 Å². The van der Waals surface area contributed by atoms with Gasteiger partial charge in [0.05, 0.1) is 5.69 Å². The average Bonchev–Trinajstić information content (AvgIpc) is 2.83. The molecular formula is C21H16N2. The summed E-state index contributed by atoms with van der Waals surface area (Å²) >= 11 is 0. The molecule has 2 heteroatoms. The fourth-order valence-electron chi connectivity index (χ4n) is 4.10. The van der Waals surface area contributed by atoms with Gasteiger partial charge in [-0.15, -0.1) is 0 Å². The van der Waals surface area contributed by atoms with E-state index in [2.05, 4.69) is 60.2 Å². The Morgan fingerprint density at radius 3 is 2.61 bits per heavy atom. The molecule has 0 saturated carbocycles. The van der Waals surface area contributed by atoms with Crippen molar-refractivity contribution >= 4 is 21.5 Å². The Hall–Kier alpha value is -2.74. The Balaban J connectivity index is 2.04. The third-order valence-corrected chi connectivity index (χ3v) is 5.16. The molecule has 0 N–H and O–H groups in total. The van der Waals surface area contributed by atoms with Crippen LogP contribution in [0.1, 0.15) is 25.0 Å². The molecule has 23 heavy (non-hydrogen) atoms. The van der Waals surface area contributed by atoms with Gasteiger partial charge < -0.3 is 0 Å². The molecule has 0 radical (unpaired) electrons. The number of fused-ring (bicyclic) bond motifs is 7. The second kappa shape index (κ2) is 4.17. The molecule has 0 amide bonds. The van der Waals surface area contributed by atoms with Gasteiger partial charge in [-0.25, -0.2) is 0 Å². The summed E-state index contributed by atoms with van der Waals surface area (Å²) in [6.07, 6.45) is 5.72. The van der Waals surface area contributed by atoms with Crippen LogP contribution in [0.25, 0.3) is 32.8 Å². The van der Waals surface area contributed by atoms with E-state index in [9.17, 15) is 0 Å². The van der Waals surface area contributed by atoms with Gasteiger partial charge in [-0.1, -0.05) is 44.2 Å². The molecule has 2 heterocycles. The predicted octanol–water partition coefficient (Wildman–Crippen LogP) is 5.09. The quantitative estimate of drug-likeness (QED) is 0.422. The first kappa shape index (κ1) is 12.8. The number of aromatic nitrogens is 2. The molecule has 4 aromatic rings. The zero-order valence-corrected chi connectivity index (χ0v) is 13.2. The van der Waals surface area contributed by atoms with E-state index in [0.717, 1.165) is 5.69 Å². The topological polar surface area (TPSA) is 25.8 Å². The molecule has 1 aliphatic rings. The summed E-state index contributed by atoms with van der Waals surface area (Å²) < 4.78 is 0. The Morgan fingerprint density at radius 1 is 0.870 bits per heavy atom. The van der Waals surface area contributed by atoms with E-state index in [-0.39, 0.29) is 5.41 Å². The largest absolute Gasteiger partial charge is 0.264 e. The van der Waals surface area contributed by atoms with E-state index in [1.54, 1.807) is 0 Å². The molecule has 110 valence electrons. The van der Waals surface area contributed by atoms with Gasteiger partial charge in [-0.3, -0.25) is 9.97 Å². The van der Waals surface area contributed by atoms with Crippen LogP contribution in [0, 0.1) is 0 Å². The number of nitrogens with zero attached hydrogens (tertiary/aromatic N) is 2. The molecular weight excluding hydrogens is 280 g/mol. The molecule has 2 nitrogen and oxygen atoms in total. The lowest BCUT2D eigenvalue weighted by atomic mass is 9.79. The summed E-state index contributed by atoms with van der Waals surface area (Å²) in [5, 5.41) is 5.08. The van der Waals surface area contributed by atoms with Gasteiger partial charge in [0.1, 0.15) is 0 Å². The molecule has 0 bridgehead atoms. The monoisotopic (exact) mass is 296 g/mol. The Bertz CT molecular complexity index is 1090. The third-order valence-electron chi connectivity index (χ3n) is 5.16. The maximum absolute atomic E-state index is 4.67. The van der Waals surface area contributed by atoms with Gasteiger partial charge in [0.2, 0.25) is 0 Å². The summed E-state index contributed by atoms with van der Waals surface area (Å²) in [4.78, 5) is 8.95. The predicted molar refractivity (Wildman–Crippen MR) is 94.6 cm³/mol. The highest BCUT2D eigenvalue weighted by Gasteiger charge is 2.37. The maximum atomic E-state index is 4.67. The number of rotatable bonds is 0. The molecule has 0 saturated heterocycles. The van der Waals surface area contributed by atoms with Crippen LogP contribution < -0.4 is 0 Å². The Morgan fingerprint density at radius 2 is 1.70 bits per heavy atom. The van der Waals surface area contributed by atoms with E-state index in [0.29, 0.717) is 0 Å². The number of hydrogen-bond donors (Lipinski definition) is 0. The number of benzene rings is 2. The van der Waals surface area contributed by atoms with E-state index < -0.39 is 0 Å². The summed E-state index contributed by atoms with van der Waals surface area (Å²) in [6, 6.07) is 15.2. The first-order chi connectivity index (χ1) is 11.2. The molecule has 0 atom stereocenters. The van der Waals surface area contributed by atoms with Crippen LogP contribution in [0.4, 0.5) is 0 Å². The van der Waals surface area contributed by atoms with Crippen LogP contribution in [0.5, 0.6) is 0 Å². The Kier molecular flexibility index (Phi) is 2.31. The van der Waals surface area contributed by atoms with Gasteiger partial charge in [0.15, 0.2) is 0 Å². The van der Waals surface area contributed by atoms with Crippen LogP contribution in [0.2, 0.25) is 0 Å². The smallest absolute Gasteiger partial charge is 0.0746 e. The van der Waals surface area contributed by atoms with Crippen LogP contribution >= 0.6 is 0 Å². The third kappa shape index (κ3) is 1.53. The van der Waals surface area contributed by atoms with Crippen molar-refractivity contribution in [1.29, 1.82) is 0 Å². The van der Waals surface area contributed by atoms with Gasteiger partial charge >= 0.3 is 0 Å². The molecule has 0 fully saturated rings. The fourth-order valence-corrected chi connectivity index (χ4v) is 4.10. The molecule has 0 spiro atoms. The van der Waals surface area contributed by atoms with E-state index in [1.165, 1.54) is 38.2 Å². The highest BCUT2D eigenvalue weighted by atomic mass is 14.7. The van der Waals surface area contributed by atoms with Gasteiger partial charge in [0.25, 0.3) is 0 Å². The summed E-state index contributed by atoms with van der Waals surface area (Å²) in [5.41, 5.74) is 5.05. The van der Waals surface area contributed by atoms with Gasteiger partial charge in [0, 0.05) is 35.0 Å². The van der Waals surface area contributed by atoms with Gasteiger partial charge in [-0.2, -0.15) is 0 Å². The van der Waals surface area contributed by atoms with Crippen molar-refractivity contribution < 1.29 is 0 Å². The van der Waals surface area contributed by atoms with Crippen molar-refractivity contribution in [1.82, 2.24) is 9.97 Å². The summed E-state index contributed by atoms with van der Waals surface area (Å²) in [5.74, 6) is 0. The minimum absolute atomic E-state index is 0.0456. The van der Waals surface area contributed by atoms with E-state index in [4.69, 9.17) is 0 Å². The summed E-state index contributed by atoms with van der Waals surface area (Å²) in [6.45, 7) is 4.61. The van der Waals surface area contributed by atoms with Crippen LogP contribution in [-0.2, 0) is 5.41 Å². The van der Waals surface area contributed by atoms with Crippen molar-refractivity contribution in [2.24, 2.45) is 0 Å². The SMILES string of the molecule is CC1(C)c2cccnc2-c2ccc3ccc4cnccc4c3c21. The lowest BCUT2D eigenvalue weighted by Crippen LogP contribution is -2.15. The molecule has 5 rings (SSSR count). The molecule has 2 aromatic heterocycles. The lowest BCUT2D eigenvalue weighted by Gasteiger charge is -2.23. The second-order valence-electron chi connectivity index (χ2n) is 6.77. The van der Waals surface area contributed by atoms with Gasteiger partial charge in [-0.05, 0) is 39.4 Å². The molecule has 0 aliphatic heterocycles. The normalized spacial score (nSPS) is 14.9. The molecule has 1 aliphatic carbocycles. The fraction of sp³-hybridized carbons (Fsp3) is 0.143. The van der Waals surface area contributed by atoms with Crippen molar-refractivity contribution in [3.8, 4) is 11.3 Å². The Labute approximate surface area is 134 Å². The highest BCUT2D eigenvalue weighted by molar-refractivity contribution is 6.12. The molecule has 2 aromatic carbocycles. The number of pyridine rings is 2. The van der Waals surface area contributed by atoms with Crippen molar-refractivity contribution in [2.45, 2.75) is 19.3 Å². The minimum Gasteiger partial charge on any atom is -0.264 e. The maximum Gasteiger partial charge on any atom is 0.0746 e. The van der Waals surface area contributed by atoms with Crippen LogP contribution in [0.15, 0.2) is 61.1 Å². The van der Waals surface area contributed by atoms with E-state index >= 15 is 0 Å². The average molecular weight is 296 g/mol. The van der Waals surface area contributed by atoms with Crippen LogP contribution in [0.3, 0.4) is 0 Å². The van der Waals surface area contributed by atoms with Crippen molar-refractivity contribution in [2.75, 3.05) is 0 Å². The zero-order valence-electron chi connectivity index (χ0n) is 13.2. The number of hydrogen-bond acceptors (Lipinski definition) is 2. The standard InChI is InChI=1S/C21H16N2/c1-21(2)17-4-3-10-23-20(17)16-8-7-13-5-6-14-12-22-11-9-15(14)18(13)19(16)21/h3-12H,1-2H3. The second-order valence-corrected chi connectivity index (χ2v) is 6.77. The first-order valence-corrected chi connectivity index (χ1v) is 7.94. The minimum atomic E-state index is -0.0456.